The number of hydrogen-bond acceptors (Lipinski definition) is 8. The summed E-state index contributed by atoms with van der Waals surface area (Å²) in [5.41, 5.74) is 0.638. The number of carbonyl (C=O) groups is 1. The maximum Gasteiger partial charge on any atom is 0.243 e. The second-order valence-electron chi connectivity index (χ2n) is 6.92. The van der Waals surface area contributed by atoms with Crippen LogP contribution in [-0.4, -0.2) is 80.8 Å². The van der Waals surface area contributed by atoms with Crippen molar-refractivity contribution in [2.45, 2.75) is 10.1 Å². The number of nitrogens with zero attached hydrogens (tertiary/aromatic N) is 6. The van der Waals surface area contributed by atoms with Crippen LogP contribution in [0.4, 0.5) is 4.39 Å². The van der Waals surface area contributed by atoms with Gasteiger partial charge in [0.1, 0.15) is 11.6 Å². The lowest BCUT2D eigenvalue weighted by molar-refractivity contribution is -0.129. The number of benzene rings is 2. The molecule has 13 heteroatoms. The third kappa shape index (κ3) is 4.74. The summed E-state index contributed by atoms with van der Waals surface area (Å²) in [4.78, 5) is 14.1. The molecule has 0 spiro atoms. The van der Waals surface area contributed by atoms with Crippen LogP contribution in [0.25, 0.3) is 5.69 Å². The third-order valence-corrected chi connectivity index (χ3v) is 7.68. The summed E-state index contributed by atoms with van der Waals surface area (Å²) in [6.07, 6.45) is 0. The van der Waals surface area contributed by atoms with Crippen molar-refractivity contribution in [2.24, 2.45) is 0 Å². The predicted octanol–water partition coefficient (Wildman–Crippen LogP) is 1.13. The summed E-state index contributed by atoms with van der Waals surface area (Å²) in [5, 5.41) is 21.3. The Hall–Kier alpha value is -3.03. The second kappa shape index (κ2) is 9.22. The zero-order valence-electron chi connectivity index (χ0n) is 16.7. The van der Waals surface area contributed by atoms with Gasteiger partial charge in [-0.05, 0) is 52.9 Å². The molecule has 168 valence electrons. The van der Waals surface area contributed by atoms with Crippen LogP contribution in [0.5, 0.6) is 5.75 Å². The van der Waals surface area contributed by atoms with Gasteiger partial charge in [-0.25, -0.2) is 12.8 Å². The Labute approximate surface area is 187 Å². The number of piperazine rings is 1. The number of carbonyl (C=O) groups excluding carboxylic acids is 1. The summed E-state index contributed by atoms with van der Waals surface area (Å²) in [7, 11) is -3.82. The van der Waals surface area contributed by atoms with E-state index in [0.717, 1.165) is 17.8 Å². The summed E-state index contributed by atoms with van der Waals surface area (Å²) in [6, 6.07) is 11.2. The molecular weight excluding hydrogens is 459 g/mol. The highest BCUT2D eigenvalue weighted by atomic mass is 32.2. The molecule has 1 amide bonds. The van der Waals surface area contributed by atoms with E-state index in [-0.39, 0.29) is 48.5 Å². The van der Waals surface area contributed by atoms with Crippen LogP contribution in [0.3, 0.4) is 0 Å². The summed E-state index contributed by atoms with van der Waals surface area (Å²) < 4.78 is 41.5. The van der Waals surface area contributed by atoms with Gasteiger partial charge in [0.2, 0.25) is 21.1 Å². The number of phenolic OH excluding ortho intramolecular Hbond substituents is 1. The van der Waals surface area contributed by atoms with Gasteiger partial charge in [-0.3, -0.25) is 4.79 Å². The number of halogens is 1. The van der Waals surface area contributed by atoms with Crippen LogP contribution in [0.15, 0.2) is 58.6 Å². The lowest BCUT2D eigenvalue weighted by Gasteiger charge is -2.34. The molecule has 0 saturated carbocycles. The first-order valence-electron chi connectivity index (χ1n) is 9.59. The van der Waals surface area contributed by atoms with Crippen molar-refractivity contribution in [3.8, 4) is 11.4 Å². The van der Waals surface area contributed by atoms with E-state index in [1.54, 1.807) is 17.0 Å². The minimum Gasteiger partial charge on any atom is -0.508 e. The van der Waals surface area contributed by atoms with E-state index in [2.05, 4.69) is 15.5 Å². The molecular formula is C19H19FN6O4S2. The zero-order chi connectivity index (χ0) is 22.7. The first-order chi connectivity index (χ1) is 15.3. The molecule has 0 unspecified atom stereocenters. The summed E-state index contributed by atoms with van der Waals surface area (Å²) in [5.74, 6) is -0.593. The SMILES string of the molecule is O=C(CSc1nnnn1-c1ccc(O)cc1)N1CCN(S(=O)(=O)c2cccc(F)c2)CC1. The maximum absolute atomic E-state index is 13.4. The highest BCUT2D eigenvalue weighted by molar-refractivity contribution is 7.99. The van der Waals surface area contributed by atoms with Crippen molar-refractivity contribution < 1.29 is 22.7 Å². The number of sulfonamides is 1. The maximum atomic E-state index is 13.4. The highest BCUT2D eigenvalue weighted by Gasteiger charge is 2.30. The number of aromatic nitrogens is 4. The topological polar surface area (TPSA) is 122 Å². The number of rotatable bonds is 6. The number of phenols is 1. The van der Waals surface area contributed by atoms with Gasteiger partial charge in [-0.15, -0.1) is 5.10 Å². The molecule has 2 heterocycles. The van der Waals surface area contributed by atoms with Crippen molar-refractivity contribution >= 4 is 27.7 Å². The fourth-order valence-corrected chi connectivity index (χ4v) is 5.44. The molecule has 1 aliphatic rings. The average Bonchev–Trinajstić information content (AvgIpc) is 3.26. The molecule has 10 nitrogen and oxygen atoms in total. The van der Waals surface area contributed by atoms with Crippen LogP contribution in [0, 0.1) is 5.82 Å². The molecule has 0 atom stereocenters. The Morgan fingerprint density at radius 3 is 2.50 bits per heavy atom. The smallest absolute Gasteiger partial charge is 0.243 e. The predicted molar refractivity (Wildman–Crippen MR) is 113 cm³/mol. The highest BCUT2D eigenvalue weighted by Crippen LogP contribution is 2.22. The molecule has 0 aliphatic carbocycles. The van der Waals surface area contributed by atoms with E-state index in [1.165, 1.54) is 39.3 Å². The van der Waals surface area contributed by atoms with E-state index in [9.17, 15) is 22.7 Å². The van der Waals surface area contributed by atoms with E-state index in [0.29, 0.717) is 10.8 Å². The molecule has 4 rings (SSSR count). The Kier molecular flexibility index (Phi) is 6.39. The van der Waals surface area contributed by atoms with Gasteiger partial charge in [0.15, 0.2) is 0 Å². The van der Waals surface area contributed by atoms with Crippen LogP contribution >= 0.6 is 11.8 Å². The minimum absolute atomic E-state index is 0.0785. The van der Waals surface area contributed by atoms with Gasteiger partial charge in [-0.1, -0.05) is 17.8 Å². The van der Waals surface area contributed by atoms with Crippen LogP contribution in [-0.2, 0) is 14.8 Å². The Morgan fingerprint density at radius 2 is 1.81 bits per heavy atom. The van der Waals surface area contributed by atoms with Gasteiger partial charge in [0.05, 0.1) is 16.3 Å². The molecule has 1 saturated heterocycles. The monoisotopic (exact) mass is 478 g/mol. The van der Waals surface area contributed by atoms with Crippen molar-refractivity contribution in [3.63, 3.8) is 0 Å². The van der Waals surface area contributed by atoms with E-state index in [1.807, 2.05) is 0 Å². The Morgan fingerprint density at radius 1 is 1.09 bits per heavy atom. The number of tetrazole rings is 1. The van der Waals surface area contributed by atoms with Gasteiger partial charge in [0.25, 0.3) is 0 Å². The van der Waals surface area contributed by atoms with Crippen LogP contribution < -0.4 is 0 Å². The van der Waals surface area contributed by atoms with Crippen molar-refractivity contribution in [1.29, 1.82) is 0 Å². The zero-order valence-corrected chi connectivity index (χ0v) is 18.3. The molecule has 0 radical (unpaired) electrons. The van der Waals surface area contributed by atoms with Gasteiger partial charge in [-0.2, -0.15) is 8.99 Å². The first kappa shape index (κ1) is 22.2. The van der Waals surface area contributed by atoms with Gasteiger partial charge >= 0.3 is 0 Å². The number of hydrogen-bond donors (Lipinski definition) is 1. The van der Waals surface area contributed by atoms with Gasteiger partial charge < -0.3 is 10.0 Å². The van der Waals surface area contributed by atoms with Crippen molar-refractivity contribution in [3.05, 3.63) is 54.3 Å². The Bertz CT molecular complexity index is 1210. The average molecular weight is 479 g/mol. The third-order valence-electron chi connectivity index (χ3n) is 4.89. The lowest BCUT2D eigenvalue weighted by atomic mass is 10.3. The molecule has 1 N–H and O–H groups in total. The molecule has 1 aliphatic heterocycles. The summed E-state index contributed by atoms with van der Waals surface area (Å²) in [6.45, 7) is 0.717. The molecule has 32 heavy (non-hydrogen) atoms. The first-order valence-corrected chi connectivity index (χ1v) is 12.0. The van der Waals surface area contributed by atoms with E-state index < -0.39 is 15.8 Å². The normalized spacial score (nSPS) is 15.1. The largest absolute Gasteiger partial charge is 0.508 e. The quantitative estimate of drug-likeness (QED) is 0.524. The number of aromatic hydroxyl groups is 1. The van der Waals surface area contributed by atoms with Crippen LogP contribution in [0.2, 0.25) is 0 Å². The molecule has 2 aromatic carbocycles. The van der Waals surface area contributed by atoms with E-state index in [4.69, 9.17) is 0 Å². The molecule has 0 bridgehead atoms. The Balaban J connectivity index is 1.34. The van der Waals surface area contributed by atoms with Crippen molar-refractivity contribution in [1.82, 2.24) is 29.4 Å². The molecule has 1 fully saturated rings. The van der Waals surface area contributed by atoms with E-state index >= 15 is 0 Å². The fourth-order valence-electron chi connectivity index (χ4n) is 3.20. The molecule has 1 aromatic heterocycles. The molecule has 3 aromatic rings. The standard InChI is InChI=1S/C19H19FN6O4S2/c20-14-2-1-3-17(12-14)32(29,30)25-10-8-24(9-11-25)18(28)13-31-19-21-22-23-26(19)15-4-6-16(27)7-5-15/h1-7,12,27H,8-11,13H2. The number of thioether (sulfide) groups is 1. The lowest BCUT2D eigenvalue weighted by Crippen LogP contribution is -2.51. The minimum atomic E-state index is -3.82. The van der Waals surface area contributed by atoms with Crippen molar-refractivity contribution in [2.75, 3.05) is 31.9 Å². The van der Waals surface area contributed by atoms with Gasteiger partial charge in [0, 0.05) is 26.2 Å². The summed E-state index contributed by atoms with van der Waals surface area (Å²) >= 11 is 1.16. The fraction of sp³-hybridized carbons (Fsp3) is 0.263. The second-order valence-corrected chi connectivity index (χ2v) is 9.80. The van der Waals surface area contributed by atoms with Crippen LogP contribution in [0.1, 0.15) is 0 Å². The number of amides is 1.